The van der Waals surface area contributed by atoms with Crippen LogP contribution < -0.4 is 0 Å². The molecule has 162 valence electrons. The lowest BCUT2D eigenvalue weighted by Crippen LogP contribution is -2.30. The van der Waals surface area contributed by atoms with Gasteiger partial charge in [-0.25, -0.2) is 9.48 Å². The Morgan fingerprint density at radius 3 is 2.39 bits per heavy atom. The number of aromatic nitrogens is 2. The summed E-state index contributed by atoms with van der Waals surface area (Å²) in [5, 5.41) is 4.51. The van der Waals surface area contributed by atoms with Crippen molar-refractivity contribution >= 4 is 11.9 Å². The third-order valence-corrected chi connectivity index (χ3v) is 4.96. The third-order valence-electron chi connectivity index (χ3n) is 4.96. The lowest BCUT2D eigenvalue weighted by Gasteiger charge is -2.19. The van der Waals surface area contributed by atoms with Crippen molar-refractivity contribution in [1.82, 2.24) is 14.7 Å². The van der Waals surface area contributed by atoms with E-state index >= 15 is 0 Å². The highest BCUT2D eigenvalue weighted by Gasteiger charge is 2.19. The minimum Gasteiger partial charge on any atom is -0.461 e. The number of aryl methyl sites for hydroxylation is 1. The molecule has 6 nitrogen and oxygen atoms in total. The first-order valence-corrected chi connectivity index (χ1v) is 10.5. The fraction of sp³-hybridized carbons (Fsp3) is 0.320. The highest BCUT2D eigenvalue weighted by Crippen LogP contribution is 2.27. The van der Waals surface area contributed by atoms with Crippen LogP contribution in [0.1, 0.15) is 47.2 Å². The Balaban J connectivity index is 2.00. The summed E-state index contributed by atoms with van der Waals surface area (Å²) in [4.78, 5) is 26.7. The van der Waals surface area contributed by atoms with E-state index in [1.807, 2.05) is 50.4 Å². The number of carbonyl (C=O) groups excluding carboxylic acids is 2. The molecule has 0 bridgehead atoms. The van der Waals surface area contributed by atoms with Crippen molar-refractivity contribution in [2.45, 2.75) is 27.7 Å². The van der Waals surface area contributed by atoms with Crippen LogP contribution in [-0.2, 0) is 4.74 Å². The maximum absolute atomic E-state index is 12.7. The number of ether oxygens (including phenoxy) is 1. The van der Waals surface area contributed by atoms with Crippen molar-refractivity contribution in [2.75, 3.05) is 20.2 Å². The molecule has 0 aliphatic rings. The molecule has 0 unspecified atom stereocenters. The summed E-state index contributed by atoms with van der Waals surface area (Å²) in [6, 6.07) is 17.0. The van der Waals surface area contributed by atoms with Gasteiger partial charge in [0.05, 0.1) is 18.0 Å². The molecule has 3 aromatic rings. The van der Waals surface area contributed by atoms with E-state index in [1.165, 1.54) is 0 Å². The first-order valence-electron chi connectivity index (χ1n) is 10.5. The average Bonchev–Trinajstić information content (AvgIpc) is 3.18. The van der Waals surface area contributed by atoms with Crippen molar-refractivity contribution in [2.24, 2.45) is 5.92 Å². The van der Waals surface area contributed by atoms with Gasteiger partial charge in [-0.2, -0.15) is 5.10 Å². The van der Waals surface area contributed by atoms with E-state index in [2.05, 4.69) is 18.9 Å². The number of carbonyl (C=O) groups is 2. The Labute approximate surface area is 183 Å². The SMILES string of the molecule is CCOC(=O)c1cc(-c2ccccc2C)n(-c2ccc(C(=O)N(C)CC(C)C)cc2)n1. The molecule has 0 saturated carbocycles. The summed E-state index contributed by atoms with van der Waals surface area (Å²) in [6.07, 6.45) is 0. The van der Waals surface area contributed by atoms with Crippen molar-refractivity contribution in [3.63, 3.8) is 0 Å². The minimum atomic E-state index is -0.460. The van der Waals surface area contributed by atoms with Crippen LogP contribution in [0.4, 0.5) is 0 Å². The molecule has 3 rings (SSSR count). The molecule has 0 spiro atoms. The van der Waals surface area contributed by atoms with Gasteiger partial charge in [0.25, 0.3) is 5.91 Å². The summed E-state index contributed by atoms with van der Waals surface area (Å²) in [7, 11) is 1.81. The zero-order chi connectivity index (χ0) is 22.5. The maximum atomic E-state index is 12.7. The second-order valence-electron chi connectivity index (χ2n) is 7.99. The van der Waals surface area contributed by atoms with Gasteiger partial charge in [0.1, 0.15) is 0 Å². The lowest BCUT2D eigenvalue weighted by molar-refractivity contribution is 0.0518. The Bertz CT molecular complexity index is 1070. The van der Waals surface area contributed by atoms with Gasteiger partial charge < -0.3 is 9.64 Å². The molecule has 0 fully saturated rings. The first kappa shape index (κ1) is 22.3. The van der Waals surface area contributed by atoms with E-state index in [9.17, 15) is 9.59 Å². The second-order valence-corrected chi connectivity index (χ2v) is 7.99. The summed E-state index contributed by atoms with van der Waals surface area (Å²) < 4.78 is 6.86. The molecule has 2 aromatic carbocycles. The van der Waals surface area contributed by atoms with Gasteiger partial charge in [0.2, 0.25) is 0 Å². The Kier molecular flexibility index (Phi) is 6.90. The third kappa shape index (κ3) is 5.02. The number of rotatable bonds is 7. The number of benzene rings is 2. The van der Waals surface area contributed by atoms with Crippen LogP contribution in [0.2, 0.25) is 0 Å². The second kappa shape index (κ2) is 9.60. The van der Waals surface area contributed by atoms with Crippen LogP contribution in [0.3, 0.4) is 0 Å². The fourth-order valence-corrected chi connectivity index (χ4v) is 3.53. The molecule has 1 heterocycles. The van der Waals surface area contributed by atoms with Crippen molar-refractivity contribution < 1.29 is 14.3 Å². The summed E-state index contributed by atoms with van der Waals surface area (Å²) in [5.41, 5.74) is 4.46. The molecule has 0 aliphatic carbocycles. The van der Waals surface area contributed by atoms with E-state index in [0.29, 0.717) is 18.0 Å². The fourth-order valence-electron chi connectivity index (χ4n) is 3.53. The predicted octanol–water partition coefficient (Wildman–Crippen LogP) is 4.75. The molecule has 1 amide bonds. The van der Waals surface area contributed by atoms with E-state index in [4.69, 9.17) is 4.74 Å². The van der Waals surface area contributed by atoms with Crippen molar-refractivity contribution in [1.29, 1.82) is 0 Å². The lowest BCUT2D eigenvalue weighted by atomic mass is 10.1. The van der Waals surface area contributed by atoms with E-state index < -0.39 is 5.97 Å². The zero-order valence-electron chi connectivity index (χ0n) is 18.8. The van der Waals surface area contributed by atoms with E-state index in [1.54, 1.807) is 34.7 Å². The first-order chi connectivity index (χ1) is 14.8. The van der Waals surface area contributed by atoms with Gasteiger partial charge in [0.15, 0.2) is 5.69 Å². The average molecular weight is 420 g/mol. The molecular formula is C25H29N3O3. The van der Waals surface area contributed by atoms with Gasteiger partial charge in [-0.15, -0.1) is 0 Å². The molecule has 0 aliphatic heterocycles. The predicted molar refractivity (Wildman–Crippen MR) is 121 cm³/mol. The smallest absolute Gasteiger partial charge is 0.358 e. The van der Waals surface area contributed by atoms with E-state index in [-0.39, 0.29) is 18.2 Å². The highest BCUT2D eigenvalue weighted by atomic mass is 16.5. The number of hydrogen-bond acceptors (Lipinski definition) is 4. The number of esters is 1. The number of nitrogens with zero attached hydrogens (tertiary/aromatic N) is 3. The van der Waals surface area contributed by atoms with Gasteiger partial charge >= 0.3 is 5.97 Å². The normalized spacial score (nSPS) is 10.9. The van der Waals surface area contributed by atoms with Crippen LogP contribution in [-0.4, -0.2) is 46.8 Å². The standard InChI is InChI=1S/C25H29N3O3/c1-6-31-25(30)22-15-23(21-10-8-7-9-18(21)4)28(26-22)20-13-11-19(12-14-20)24(29)27(5)16-17(2)3/h7-15,17H,6,16H2,1-5H3. The van der Waals surface area contributed by atoms with Crippen LogP contribution in [0.25, 0.3) is 16.9 Å². The Hall–Kier alpha value is -3.41. The quantitative estimate of drug-likeness (QED) is 0.518. The molecule has 0 N–H and O–H groups in total. The van der Waals surface area contributed by atoms with Crippen molar-refractivity contribution in [3.8, 4) is 16.9 Å². The molecule has 0 atom stereocenters. The molecular weight excluding hydrogens is 390 g/mol. The summed E-state index contributed by atoms with van der Waals surface area (Å²) >= 11 is 0. The monoisotopic (exact) mass is 419 g/mol. The number of hydrogen-bond donors (Lipinski definition) is 0. The van der Waals surface area contributed by atoms with Gasteiger partial charge in [-0.1, -0.05) is 38.1 Å². The Morgan fingerprint density at radius 2 is 1.77 bits per heavy atom. The topological polar surface area (TPSA) is 64.4 Å². The maximum Gasteiger partial charge on any atom is 0.358 e. The summed E-state index contributed by atoms with van der Waals surface area (Å²) in [5.74, 6) is -0.0829. The van der Waals surface area contributed by atoms with Gasteiger partial charge in [-0.05, 0) is 55.7 Å². The van der Waals surface area contributed by atoms with Crippen LogP contribution in [0.5, 0.6) is 0 Å². The number of amides is 1. The summed E-state index contributed by atoms with van der Waals surface area (Å²) in [6.45, 7) is 8.93. The Morgan fingerprint density at radius 1 is 1.10 bits per heavy atom. The van der Waals surface area contributed by atoms with E-state index in [0.717, 1.165) is 22.5 Å². The molecule has 1 aromatic heterocycles. The largest absolute Gasteiger partial charge is 0.461 e. The molecule has 31 heavy (non-hydrogen) atoms. The van der Waals surface area contributed by atoms with Gasteiger partial charge in [-0.3, -0.25) is 4.79 Å². The zero-order valence-corrected chi connectivity index (χ0v) is 18.8. The van der Waals surface area contributed by atoms with Crippen LogP contribution >= 0.6 is 0 Å². The van der Waals surface area contributed by atoms with Crippen LogP contribution in [0, 0.1) is 12.8 Å². The molecule has 0 saturated heterocycles. The highest BCUT2D eigenvalue weighted by molar-refractivity contribution is 5.94. The van der Waals surface area contributed by atoms with Crippen LogP contribution in [0.15, 0.2) is 54.6 Å². The minimum absolute atomic E-state index is 0.0212. The molecule has 0 radical (unpaired) electrons. The van der Waals surface area contributed by atoms with Gasteiger partial charge in [0, 0.05) is 24.7 Å². The van der Waals surface area contributed by atoms with Crippen molar-refractivity contribution in [3.05, 3.63) is 71.4 Å². The molecule has 6 heteroatoms.